The van der Waals surface area contributed by atoms with Gasteiger partial charge in [-0.15, -0.1) is 0 Å². The first-order valence-corrected chi connectivity index (χ1v) is 4.95. The van der Waals surface area contributed by atoms with Gasteiger partial charge in [0.15, 0.2) is 17.5 Å². The first-order chi connectivity index (χ1) is 8.64. The molecule has 1 aromatic heterocycles. The lowest BCUT2D eigenvalue weighted by atomic mass is 10.1. The average molecular weight is 280 g/mol. The van der Waals surface area contributed by atoms with Gasteiger partial charge in [-0.3, -0.25) is 0 Å². The number of rotatable bonds is 0. The number of nitrogen functional groups attached to an aromatic ring is 1. The minimum Gasteiger partial charge on any atom is -0.398 e. The molecular formula is C11H6F6N2. The number of nitrogens with zero attached hydrogens (tertiary/aromatic N) is 1. The Kier molecular flexibility index (Phi) is 2.83. The van der Waals surface area contributed by atoms with Crippen molar-refractivity contribution in [2.45, 2.75) is 13.1 Å². The maximum Gasteiger partial charge on any atom is 0.433 e. The molecule has 0 aliphatic carbocycles. The van der Waals surface area contributed by atoms with E-state index in [1.807, 2.05) is 0 Å². The molecule has 0 spiro atoms. The zero-order valence-electron chi connectivity index (χ0n) is 9.37. The van der Waals surface area contributed by atoms with E-state index in [-0.39, 0.29) is 0 Å². The van der Waals surface area contributed by atoms with Crippen LogP contribution in [0.1, 0.15) is 11.3 Å². The lowest BCUT2D eigenvalue weighted by Gasteiger charge is -2.14. The van der Waals surface area contributed by atoms with Crippen LogP contribution in [0.5, 0.6) is 0 Å². The van der Waals surface area contributed by atoms with E-state index in [2.05, 4.69) is 4.98 Å². The van der Waals surface area contributed by atoms with E-state index >= 15 is 0 Å². The largest absolute Gasteiger partial charge is 0.433 e. The van der Waals surface area contributed by atoms with Crippen LogP contribution in [0.2, 0.25) is 0 Å². The highest BCUT2D eigenvalue weighted by Gasteiger charge is 2.36. The summed E-state index contributed by atoms with van der Waals surface area (Å²) >= 11 is 0. The summed E-state index contributed by atoms with van der Waals surface area (Å²) in [7, 11) is 0. The van der Waals surface area contributed by atoms with Crippen LogP contribution in [-0.4, -0.2) is 4.98 Å². The Morgan fingerprint density at radius 2 is 1.68 bits per heavy atom. The van der Waals surface area contributed by atoms with Gasteiger partial charge in [0.1, 0.15) is 5.69 Å². The maximum absolute atomic E-state index is 13.5. The van der Waals surface area contributed by atoms with Gasteiger partial charge in [0, 0.05) is 17.3 Å². The van der Waals surface area contributed by atoms with Crippen LogP contribution >= 0.6 is 0 Å². The van der Waals surface area contributed by atoms with Crippen molar-refractivity contribution in [2.24, 2.45) is 0 Å². The van der Waals surface area contributed by atoms with E-state index in [1.54, 1.807) is 0 Å². The quantitative estimate of drug-likeness (QED) is 0.592. The zero-order chi connectivity index (χ0) is 14.5. The predicted octanol–water partition coefficient (Wildman–Crippen LogP) is 3.56. The van der Waals surface area contributed by atoms with Crippen molar-refractivity contribution >= 4 is 16.6 Å². The van der Waals surface area contributed by atoms with Gasteiger partial charge in [-0.1, -0.05) is 0 Å². The first-order valence-electron chi connectivity index (χ1n) is 4.95. The Balaban J connectivity index is 2.97. The molecule has 0 aliphatic heterocycles. The smallest absolute Gasteiger partial charge is 0.398 e. The van der Waals surface area contributed by atoms with Crippen molar-refractivity contribution in [3.63, 3.8) is 0 Å². The van der Waals surface area contributed by atoms with Crippen molar-refractivity contribution in [1.82, 2.24) is 4.98 Å². The zero-order valence-corrected chi connectivity index (χ0v) is 9.37. The normalized spacial score (nSPS) is 12.2. The third-order valence-corrected chi connectivity index (χ3v) is 2.67. The molecule has 0 unspecified atom stereocenters. The topological polar surface area (TPSA) is 38.9 Å². The summed E-state index contributed by atoms with van der Waals surface area (Å²) in [4.78, 5) is 3.12. The number of benzene rings is 1. The van der Waals surface area contributed by atoms with Gasteiger partial charge >= 0.3 is 6.18 Å². The van der Waals surface area contributed by atoms with Gasteiger partial charge in [0.25, 0.3) is 0 Å². The molecule has 102 valence electrons. The molecule has 0 atom stereocenters. The van der Waals surface area contributed by atoms with E-state index in [9.17, 15) is 26.3 Å². The van der Waals surface area contributed by atoms with Crippen LogP contribution in [0, 0.1) is 24.4 Å². The standard InChI is InChI=1S/C11H6F6N2/c1-3-9(18)6-5(19-10(3)11(15,16)17)2-4(12)7(13)8(6)14/h2H,1H3,(H2,18,19). The minimum absolute atomic E-state index is 0.374. The number of alkyl halides is 3. The summed E-state index contributed by atoms with van der Waals surface area (Å²) in [5.74, 6) is -5.09. The monoisotopic (exact) mass is 280 g/mol. The fourth-order valence-corrected chi connectivity index (χ4v) is 1.72. The Hall–Kier alpha value is -1.99. The third kappa shape index (κ3) is 1.96. The van der Waals surface area contributed by atoms with Gasteiger partial charge in [0.05, 0.1) is 10.9 Å². The number of hydrogen-bond donors (Lipinski definition) is 1. The Labute approximate surface area is 102 Å². The van der Waals surface area contributed by atoms with E-state index < -0.39 is 51.5 Å². The Morgan fingerprint density at radius 3 is 2.21 bits per heavy atom. The van der Waals surface area contributed by atoms with Crippen molar-refractivity contribution in [3.8, 4) is 0 Å². The molecule has 1 heterocycles. The van der Waals surface area contributed by atoms with Gasteiger partial charge in [0.2, 0.25) is 0 Å². The van der Waals surface area contributed by atoms with E-state index in [0.717, 1.165) is 6.92 Å². The van der Waals surface area contributed by atoms with E-state index in [0.29, 0.717) is 6.07 Å². The van der Waals surface area contributed by atoms with E-state index in [1.165, 1.54) is 0 Å². The van der Waals surface area contributed by atoms with Crippen molar-refractivity contribution < 1.29 is 26.3 Å². The molecule has 2 nitrogen and oxygen atoms in total. The number of aromatic nitrogens is 1. The summed E-state index contributed by atoms with van der Waals surface area (Å²) in [6.07, 6.45) is -4.83. The van der Waals surface area contributed by atoms with Crippen LogP contribution in [0.15, 0.2) is 6.07 Å². The highest BCUT2D eigenvalue weighted by molar-refractivity contribution is 5.92. The molecule has 0 radical (unpaired) electrons. The van der Waals surface area contributed by atoms with Crippen LogP contribution < -0.4 is 5.73 Å². The molecule has 0 saturated carbocycles. The van der Waals surface area contributed by atoms with Crippen molar-refractivity contribution in [2.75, 3.05) is 5.73 Å². The lowest BCUT2D eigenvalue weighted by molar-refractivity contribution is -0.141. The molecule has 1 aromatic carbocycles. The second-order valence-corrected chi connectivity index (χ2v) is 3.88. The van der Waals surface area contributed by atoms with Crippen LogP contribution in [0.25, 0.3) is 10.9 Å². The highest BCUT2D eigenvalue weighted by Crippen LogP contribution is 2.37. The first kappa shape index (κ1) is 13.4. The molecule has 8 heteroatoms. The summed E-state index contributed by atoms with van der Waals surface area (Å²) < 4.78 is 77.5. The predicted molar refractivity (Wildman–Crippen MR) is 55.8 cm³/mol. The second kappa shape index (κ2) is 4.01. The molecule has 0 amide bonds. The second-order valence-electron chi connectivity index (χ2n) is 3.88. The van der Waals surface area contributed by atoms with Gasteiger partial charge in [-0.05, 0) is 6.92 Å². The molecular weight excluding hydrogens is 274 g/mol. The van der Waals surface area contributed by atoms with Crippen LogP contribution in [-0.2, 0) is 6.18 Å². The highest BCUT2D eigenvalue weighted by atomic mass is 19.4. The molecule has 19 heavy (non-hydrogen) atoms. The SMILES string of the molecule is Cc1c(C(F)(F)F)nc2cc(F)c(F)c(F)c2c1N. The molecule has 0 saturated heterocycles. The Morgan fingerprint density at radius 1 is 1.11 bits per heavy atom. The van der Waals surface area contributed by atoms with Crippen LogP contribution in [0.4, 0.5) is 32.0 Å². The molecule has 0 bridgehead atoms. The van der Waals surface area contributed by atoms with Crippen molar-refractivity contribution in [1.29, 1.82) is 0 Å². The lowest BCUT2D eigenvalue weighted by Crippen LogP contribution is -2.13. The number of pyridine rings is 1. The van der Waals surface area contributed by atoms with Gasteiger partial charge < -0.3 is 5.73 Å². The van der Waals surface area contributed by atoms with Gasteiger partial charge in [-0.2, -0.15) is 13.2 Å². The molecule has 2 rings (SSSR count). The number of fused-ring (bicyclic) bond motifs is 1. The molecule has 2 aromatic rings. The van der Waals surface area contributed by atoms with Crippen molar-refractivity contribution in [3.05, 3.63) is 34.8 Å². The fraction of sp³-hybridized carbons (Fsp3) is 0.182. The number of hydrogen-bond acceptors (Lipinski definition) is 2. The summed E-state index contributed by atoms with van der Waals surface area (Å²) in [6, 6.07) is 0.374. The van der Waals surface area contributed by atoms with Crippen LogP contribution in [0.3, 0.4) is 0 Å². The summed E-state index contributed by atoms with van der Waals surface area (Å²) in [6.45, 7) is 0.977. The fourth-order valence-electron chi connectivity index (χ4n) is 1.72. The minimum atomic E-state index is -4.83. The molecule has 0 fully saturated rings. The number of anilines is 1. The summed E-state index contributed by atoms with van der Waals surface area (Å²) in [5, 5.41) is -0.663. The number of nitrogens with two attached hydrogens (primary N) is 1. The number of halogens is 6. The third-order valence-electron chi connectivity index (χ3n) is 2.67. The van der Waals surface area contributed by atoms with E-state index in [4.69, 9.17) is 5.73 Å². The average Bonchev–Trinajstić information content (AvgIpc) is 2.29. The van der Waals surface area contributed by atoms with Gasteiger partial charge in [-0.25, -0.2) is 18.2 Å². The maximum atomic E-state index is 13.5. The Bertz CT molecular complexity index is 677. The molecule has 2 N–H and O–H groups in total. The summed E-state index contributed by atoms with van der Waals surface area (Å²) in [5.41, 5.74) is 2.17. The molecule has 0 aliphatic rings.